The molecule has 0 bridgehead atoms. The summed E-state index contributed by atoms with van der Waals surface area (Å²) in [7, 11) is 0. The molecule has 0 aliphatic heterocycles. The Labute approximate surface area is 251 Å². The Morgan fingerprint density at radius 2 is 0.829 bits per heavy atom. The SMILES string of the molecule is Cc1cccc(N(c2ccccc2)c2ccc(-c3ccc(N(c4ccccc4)c4cccc(CBr)c4)cc3)cc2)c1. The molecule has 6 rings (SSSR count). The van der Waals surface area contributed by atoms with Gasteiger partial charge >= 0.3 is 0 Å². The Hall–Kier alpha value is -4.60. The van der Waals surface area contributed by atoms with Gasteiger partial charge in [0.1, 0.15) is 0 Å². The molecule has 0 aliphatic rings. The van der Waals surface area contributed by atoms with E-state index in [9.17, 15) is 0 Å². The molecular formula is C38H31BrN2. The Morgan fingerprint density at radius 1 is 0.415 bits per heavy atom. The molecule has 0 radical (unpaired) electrons. The van der Waals surface area contributed by atoms with E-state index >= 15 is 0 Å². The molecule has 3 heteroatoms. The quantitative estimate of drug-likeness (QED) is 0.162. The van der Waals surface area contributed by atoms with Gasteiger partial charge < -0.3 is 9.80 Å². The molecule has 0 aromatic heterocycles. The fraction of sp³-hybridized carbons (Fsp3) is 0.0526. The molecule has 0 aliphatic carbocycles. The predicted octanol–water partition coefficient (Wildman–Crippen LogP) is 11.5. The van der Waals surface area contributed by atoms with Crippen LogP contribution in [-0.2, 0) is 5.33 Å². The van der Waals surface area contributed by atoms with Gasteiger partial charge in [0.25, 0.3) is 0 Å². The molecule has 41 heavy (non-hydrogen) atoms. The smallest absolute Gasteiger partial charge is 0.0464 e. The molecule has 0 saturated heterocycles. The zero-order valence-electron chi connectivity index (χ0n) is 23.0. The summed E-state index contributed by atoms with van der Waals surface area (Å²) in [6, 6.07) is 56.1. The van der Waals surface area contributed by atoms with E-state index in [2.05, 4.69) is 190 Å². The van der Waals surface area contributed by atoms with Gasteiger partial charge in [0, 0.05) is 39.5 Å². The molecule has 0 atom stereocenters. The van der Waals surface area contributed by atoms with Crippen molar-refractivity contribution in [2.75, 3.05) is 9.80 Å². The molecular weight excluding hydrogens is 564 g/mol. The normalized spacial score (nSPS) is 10.8. The summed E-state index contributed by atoms with van der Waals surface area (Å²) in [5.41, 5.74) is 11.7. The number of nitrogens with zero attached hydrogens (tertiary/aromatic N) is 2. The standard InChI is InChI=1S/C38H31BrN2/c1-29-10-8-16-37(26-29)40(33-12-4-2-5-13-33)35-22-18-31(19-23-35)32-20-24-36(25-21-32)41(34-14-6-3-7-15-34)38-17-9-11-30(27-38)28-39/h2-27H,28H2,1H3. The van der Waals surface area contributed by atoms with Crippen LogP contribution >= 0.6 is 15.9 Å². The summed E-state index contributed by atoms with van der Waals surface area (Å²) >= 11 is 3.61. The minimum Gasteiger partial charge on any atom is -0.310 e. The van der Waals surface area contributed by atoms with Crippen molar-refractivity contribution in [1.82, 2.24) is 0 Å². The van der Waals surface area contributed by atoms with E-state index in [-0.39, 0.29) is 0 Å². The van der Waals surface area contributed by atoms with Gasteiger partial charge in [-0.05, 0) is 102 Å². The summed E-state index contributed by atoms with van der Waals surface area (Å²) in [5, 5.41) is 0.823. The number of hydrogen-bond donors (Lipinski definition) is 0. The third-order valence-electron chi connectivity index (χ3n) is 7.20. The first kappa shape index (κ1) is 26.6. The lowest BCUT2D eigenvalue weighted by atomic mass is 10.0. The molecule has 0 saturated carbocycles. The highest BCUT2D eigenvalue weighted by atomic mass is 79.9. The first-order valence-corrected chi connectivity index (χ1v) is 14.9. The van der Waals surface area contributed by atoms with Crippen LogP contribution in [0.5, 0.6) is 0 Å². The van der Waals surface area contributed by atoms with Gasteiger partial charge in [-0.25, -0.2) is 0 Å². The fourth-order valence-corrected chi connectivity index (χ4v) is 5.55. The Balaban J connectivity index is 1.32. The number of rotatable bonds is 8. The number of anilines is 6. The third-order valence-corrected chi connectivity index (χ3v) is 7.84. The van der Waals surface area contributed by atoms with Gasteiger partial charge in [-0.2, -0.15) is 0 Å². The zero-order valence-corrected chi connectivity index (χ0v) is 24.6. The highest BCUT2D eigenvalue weighted by molar-refractivity contribution is 9.08. The van der Waals surface area contributed by atoms with Crippen molar-refractivity contribution in [3.63, 3.8) is 0 Å². The maximum absolute atomic E-state index is 3.61. The zero-order chi connectivity index (χ0) is 28.0. The summed E-state index contributed by atoms with van der Waals surface area (Å²) in [6.45, 7) is 2.14. The van der Waals surface area contributed by atoms with Gasteiger partial charge in [0.15, 0.2) is 0 Å². The van der Waals surface area contributed by atoms with E-state index in [1.165, 1.54) is 22.3 Å². The summed E-state index contributed by atoms with van der Waals surface area (Å²) < 4.78 is 0. The van der Waals surface area contributed by atoms with Crippen molar-refractivity contribution in [1.29, 1.82) is 0 Å². The first-order valence-electron chi connectivity index (χ1n) is 13.8. The van der Waals surface area contributed by atoms with Crippen LogP contribution in [0.15, 0.2) is 158 Å². The second-order valence-corrected chi connectivity index (χ2v) is 10.6. The average molecular weight is 596 g/mol. The van der Waals surface area contributed by atoms with E-state index in [4.69, 9.17) is 0 Å². The van der Waals surface area contributed by atoms with E-state index in [0.717, 1.165) is 39.5 Å². The average Bonchev–Trinajstić information content (AvgIpc) is 3.03. The van der Waals surface area contributed by atoms with Gasteiger partial charge in [-0.1, -0.05) is 101 Å². The summed E-state index contributed by atoms with van der Waals surface area (Å²) in [6.07, 6.45) is 0. The van der Waals surface area contributed by atoms with Crippen LogP contribution in [0.1, 0.15) is 11.1 Å². The van der Waals surface area contributed by atoms with E-state index in [1.54, 1.807) is 0 Å². The van der Waals surface area contributed by atoms with Gasteiger partial charge in [0.05, 0.1) is 0 Å². The Bertz CT molecular complexity index is 1710. The molecule has 0 amide bonds. The lowest BCUT2D eigenvalue weighted by Crippen LogP contribution is -2.10. The first-order chi connectivity index (χ1) is 20.2. The molecule has 0 fully saturated rings. The molecule has 2 nitrogen and oxygen atoms in total. The molecule has 6 aromatic rings. The van der Waals surface area contributed by atoms with Crippen LogP contribution in [0.25, 0.3) is 11.1 Å². The number of para-hydroxylation sites is 2. The van der Waals surface area contributed by atoms with Gasteiger partial charge in [-0.3, -0.25) is 0 Å². The summed E-state index contributed by atoms with van der Waals surface area (Å²) in [4.78, 5) is 4.61. The van der Waals surface area contributed by atoms with Crippen LogP contribution < -0.4 is 9.80 Å². The van der Waals surface area contributed by atoms with Crippen LogP contribution in [0.4, 0.5) is 34.1 Å². The van der Waals surface area contributed by atoms with Crippen molar-refractivity contribution in [3.8, 4) is 11.1 Å². The Morgan fingerprint density at radius 3 is 1.29 bits per heavy atom. The molecule has 200 valence electrons. The number of aryl methyl sites for hydroxylation is 1. The molecule has 0 N–H and O–H groups in total. The minimum absolute atomic E-state index is 0.823. The van der Waals surface area contributed by atoms with Gasteiger partial charge in [-0.15, -0.1) is 0 Å². The molecule has 0 spiro atoms. The minimum atomic E-state index is 0.823. The number of alkyl halides is 1. The van der Waals surface area contributed by atoms with Crippen molar-refractivity contribution in [2.45, 2.75) is 12.3 Å². The van der Waals surface area contributed by atoms with Crippen molar-refractivity contribution in [3.05, 3.63) is 169 Å². The lowest BCUT2D eigenvalue weighted by molar-refractivity contribution is 1.27. The van der Waals surface area contributed by atoms with Crippen LogP contribution in [0.3, 0.4) is 0 Å². The van der Waals surface area contributed by atoms with Crippen LogP contribution in [0, 0.1) is 6.92 Å². The van der Waals surface area contributed by atoms with Gasteiger partial charge in [0.2, 0.25) is 0 Å². The predicted molar refractivity (Wildman–Crippen MR) is 179 cm³/mol. The number of benzene rings is 6. The number of halogens is 1. The number of hydrogen-bond acceptors (Lipinski definition) is 2. The van der Waals surface area contributed by atoms with Crippen LogP contribution in [-0.4, -0.2) is 0 Å². The largest absolute Gasteiger partial charge is 0.310 e. The molecule has 0 unspecified atom stereocenters. The summed E-state index contributed by atoms with van der Waals surface area (Å²) in [5.74, 6) is 0. The van der Waals surface area contributed by atoms with E-state index < -0.39 is 0 Å². The molecule has 6 aromatic carbocycles. The second kappa shape index (κ2) is 12.3. The Kier molecular flexibility index (Phi) is 7.97. The topological polar surface area (TPSA) is 6.48 Å². The second-order valence-electron chi connectivity index (χ2n) is 10.1. The molecule has 0 heterocycles. The third kappa shape index (κ3) is 5.96. The lowest BCUT2D eigenvalue weighted by Gasteiger charge is -2.26. The van der Waals surface area contributed by atoms with Crippen molar-refractivity contribution in [2.24, 2.45) is 0 Å². The van der Waals surface area contributed by atoms with Crippen LogP contribution in [0.2, 0.25) is 0 Å². The monoisotopic (exact) mass is 594 g/mol. The maximum atomic E-state index is 3.61. The highest BCUT2D eigenvalue weighted by Crippen LogP contribution is 2.38. The van der Waals surface area contributed by atoms with Crippen molar-refractivity contribution >= 4 is 50.1 Å². The fourth-order valence-electron chi connectivity index (χ4n) is 5.20. The maximum Gasteiger partial charge on any atom is 0.0464 e. The highest BCUT2D eigenvalue weighted by Gasteiger charge is 2.14. The van der Waals surface area contributed by atoms with Crippen molar-refractivity contribution < 1.29 is 0 Å². The van der Waals surface area contributed by atoms with E-state index in [0.29, 0.717) is 0 Å². The van der Waals surface area contributed by atoms with E-state index in [1.807, 2.05) is 0 Å².